The first kappa shape index (κ1) is 47.7. The maximum atomic E-state index is 12.9. The molecule has 1 rings (SSSR count). The summed E-state index contributed by atoms with van der Waals surface area (Å²) in [6.45, 7) is 3.53. The maximum absolute atomic E-state index is 12.9. The van der Waals surface area contributed by atoms with Crippen LogP contribution in [0.25, 0.3) is 0 Å². The first-order valence-electron chi connectivity index (χ1n) is 20.2. The summed E-state index contributed by atoms with van der Waals surface area (Å²) >= 11 is 0. The van der Waals surface area contributed by atoms with E-state index in [0.29, 0.717) is 6.42 Å². The molecule has 0 bridgehead atoms. The van der Waals surface area contributed by atoms with Crippen LogP contribution in [-0.4, -0.2) is 87.5 Å². The Balaban J connectivity index is 2.34. The lowest BCUT2D eigenvalue weighted by atomic mass is 9.99. The summed E-state index contributed by atoms with van der Waals surface area (Å²) in [6.07, 6.45) is 36.8. The van der Waals surface area contributed by atoms with Gasteiger partial charge in [-0.05, 0) is 64.2 Å². The number of hydrogen-bond donors (Lipinski definition) is 6. The molecule has 7 unspecified atom stereocenters. The Morgan fingerprint density at radius 3 is 1.85 bits per heavy atom. The standard InChI is InChI=1S/C43H73NO8/c1-3-5-7-9-11-13-14-15-16-17-18-19-20-21-22-23-24-25-27-29-31-33-39(47)44-36(37(46)32-30-28-26-12-10-8-6-4-2)35-51-43-42(50)41(49)40(48)38(34-45)52-43/h5,7,10-13,15-16,18-19,30,32,36-38,40-43,45-46,48-50H,3-4,6,8-9,14,17,20-29,31,33-35H2,1-2H3,(H,44,47)/b7-5-,12-10+,13-11-,16-15-,19-18-,32-30+. The van der Waals surface area contributed by atoms with Crippen LogP contribution >= 0.6 is 0 Å². The van der Waals surface area contributed by atoms with Crippen molar-refractivity contribution in [2.75, 3.05) is 13.2 Å². The van der Waals surface area contributed by atoms with Crippen LogP contribution in [0.15, 0.2) is 72.9 Å². The Morgan fingerprint density at radius 1 is 0.673 bits per heavy atom. The van der Waals surface area contributed by atoms with E-state index in [4.69, 9.17) is 9.47 Å². The Hall–Kier alpha value is -2.37. The zero-order valence-electron chi connectivity index (χ0n) is 32.3. The van der Waals surface area contributed by atoms with Gasteiger partial charge in [0, 0.05) is 6.42 Å². The number of carbonyl (C=O) groups is 1. The van der Waals surface area contributed by atoms with Crippen LogP contribution in [-0.2, 0) is 14.3 Å². The molecule has 0 aromatic rings. The molecule has 1 fully saturated rings. The molecule has 298 valence electrons. The summed E-state index contributed by atoms with van der Waals surface area (Å²) in [6, 6.07) is -0.826. The number of unbranched alkanes of at least 4 members (excludes halogenated alkanes) is 11. The predicted molar refractivity (Wildman–Crippen MR) is 212 cm³/mol. The Bertz CT molecular complexity index is 1040. The van der Waals surface area contributed by atoms with Gasteiger partial charge in [0.05, 0.1) is 25.4 Å². The van der Waals surface area contributed by atoms with Gasteiger partial charge < -0.3 is 40.3 Å². The van der Waals surface area contributed by atoms with Crippen molar-refractivity contribution >= 4 is 5.91 Å². The molecule has 0 radical (unpaired) electrons. The number of ether oxygens (including phenoxy) is 2. The van der Waals surface area contributed by atoms with E-state index in [2.05, 4.69) is 79.9 Å². The lowest BCUT2D eigenvalue weighted by Gasteiger charge is -2.40. The van der Waals surface area contributed by atoms with Gasteiger partial charge in [-0.2, -0.15) is 0 Å². The van der Waals surface area contributed by atoms with E-state index in [9.17, 15) is 30.3 Å². The topological polar surface area (TPSA) is 149 Å². The lowest BCUT2D eigenvalue weighted by Crippen LogP contribution is -2.60. The highest BCUT2D eigenvalue weighted by molar-refractivity contribution is 5.76. The Labute approximate surface area is 315 Å². The van der Waals surface area contributed by atoms with Crippen LogP contribution in [0.1, 0.15) is 136 Å². The molecule has 1 saturated heterocycles. The minimum Gasteiger partial charge on any atom is -0.394 e. The molecule has 0 saturated carbocycles. The molecule has 0 aromatic heterocycles. The fourth-order valence-corrected chi connectivity index (χ4v) is 5.73. The number of hydrogen-bond acceptors (Lipinski definition) is 8. The molecular weight excluding hydrogens is 658 g/mol. The fraction of sp³-hybridized carbons (Fsp3) is 0.698. The third-order valence-electron chi connectivity index (χ3n) is 9.01. The number of aliphatic hydroxyl groups is 5. The van der Waals surface area contributed by atoms with Crippen LogP contribution in [0.4, 0.5) is 0 Å². The smallest absolute Gasteiger partial charge is 0.220 e. The summed E-state index contributed by atoms with van der Waals surface area (Å²) in [5, 5.41) is 53.8. The van der Waals surface area contributed by atoms with E-state index < -0.39 is 49.5 Å². The molecule has 7 atom stereocenters. The SMILES string of the molecule is CC/C=C\C/C=C\C/C=C\C/C=C\CCCCCCCCCCC(=O)NC(COC1OC(CO)C(O)C(O)C1O)C(O)/C=C/CC/C=C/CCCC. The average molecular weight is 732 g/mol. The number of nitrogens with one attached hydrogen (secondary N) is 1. The molecule has 0 spiro atoms. The molecule has 1 heterocycles. The first-order valence-corrected chi connectivity index (χ1v) is 20.2. The quantitative estimate of drug-likeness (QED) is 0.0319. The molecule has 52 heavy (non-hydrogen) atoms. The molecule has 1 aliphatic heterocycles. The van der Waals surface area contributed by atoms with Crippen molar-refractivity contribution in [2.45, 2.75) is 179 Å². The second kappa shape index (κ2) is 33.2. The fourth-order valence-electron chi connectivity index (χ4n) is 5.73. The monoisotopic (exact) mass is 732 g/mol. The predicted octanol–water partition coefficient (Wildman–Crippen LogP) is 7.44. The van der Waals surface area contributed by atoms with Gasteiger partial charge in [-0.15, -0.1) is 0 Å². The minimum atomic E-state index is -1.57. The van der Waals surface area contributed by atoms with Gasteiger partial charge in [0.25, 0.3) is 0 Å². The van der Waals surface area contributed by atoms with Gasteiger partial charge in [0.1, 0.15) is 24.4 Å². The van der Waals surface area contributed by atoms with E-state index >= 15 is 0 Å². The Kier molecular flexibility index (Phi) is 30.4. The molecule has 1 aliphatic rings. The van der Waals surface area contributed by atoms with Crippen LogP contribution < -0.4 is 5.32 Å². The van der Waals surface area contributed by atoms with E-state index in [1.807, 2.05) is 6.08 Å². The van der Waals surface area contributed by atoms with Gasteiger partial charge in [-0.3, -0.25) is 4.79 Å². The van der Waals surface area contributed by atoms with Gasteiger partial charge in [-0.1, -0.05) is 138 Å². The lowest BCUT2D eigenvalue weighted by molar-refractivity contribution is -0.302. The van der Waals surface area contributed by atoms with Crippen molar-refractivity contribution in [2.24, 2.45) is 0 Å². The number of carbonyl (C=O) groups excluding carboxylic acids is 1. The molecule has 6 N–H and O–H groups in total. The second-order valence-corrected chi connectivity index (χ2v) is 13.7. The van der Waals surface area contributed by atoms with E-state index in [0.717, 1.165) is 89.9 Å². The first-order chi connectivity index (χ1) is 25.3. The number of allylic oxidation sites excluding steroid dienone is 11. The van der Waals surface area contributed by atoms with Gasteiger partial charge in [0.15, 0.2) is 6.29 Å². The van der Waals surface area contributed by atoms with Crippen LogP contribution in [0.2, 0.25) is 0 Å². The van der Waals surface area contributed by atoms with Crippen molar-refractivity contribution in [1.82, 2.24) is 5.32 Å². The van der Waals surface area contributed by atoms with Gasteiger partial charge in [0.2, 0.25) is 5.91 Å². The van der Waals surface area contributed by atoms with Gasteiger partial charge >= 0.3 is 0 Å². The number of amides is 1. The molecular formula is C43H73NO8. The van der Waals surface area contributed by atoms with Crippen LogP contribution in [0.3, 0.4) is 0 Å². The second-order valence-electron chi connectivity index (χ2n) is 13.7. The minimum absolute atomic E-state index is 0.204. The molecule has 0 aromatic carbocycles. The van der Waals surface area contributed by atoms with Crippen LogP contribution in [0, 0.1) is 0 Å². The summed E-state index contributed by atoms with van der Waals surface area (Å²) in [5.41, 5.74) is 0. The summed E-state index contributed by atoms with van der Waals surface area (Å²) in [7, 11) is 0. The van der Waals surface area contributed by atoms with Crippen molar-refractivity contribution < 1.29 is 39.8 Å². The largest absolute Gasteiger partial charge is 0.394 e. The van der Waals surface area contributed by atoms with Crippen LogP contribution in [0.5, 0.6) is 0 Å². The summed E-state index contributed by atoms with van der Waals surface area (Å²) < 4.78 is 11.1. The maximum Gasteiger partial charge on any atom is 0.220 e. The average Bonchev–Trinajstić information content (AvgIpc) is 3.14. The highest BCUT2D eigenvalue weighted by atomic mass is 16.7. The highest BCUT2D eigenvalue weighted by Crippen LogP contribution is 2.22. The molecule has 0 aliphatic carbocycles. The zero-order chi connectivity index (χ0) is 38.1. The van der Waals surface area contributed by atoms with Crippen molar-refractivity contribution in [3.63, 3.8) is 0 Å². The molecule has 9 heteroatoms. The normalized spacial score (nSPS) is 22.6. The van der Waals surface area contributed by atoms with Crippen molar-refractivity contribution in [3.8, 4) is 0 Å². The number of aliphatic hydroxyl groups excluding tert-OH is 5. The third-order valence-corrected chi connectivity index (χ3v) is 9.01. The Morgan fingerprint density at radius 2 is 1.21 bits per heavy atom. The van der Waals surface area contributed by atoms with E-state index in [-0.39, 0.29) is 12.5 Å². The zero-order valence-corrected chi connectivity index (χ0v) is 32.3. The van der Waals surface area contributed by atoms with Gasteiger partial charge in [-0.25, -0.2) is 0 Å². The summed E-state index contributed by atoms with van der Waals surface area (Å²) in [4.78, 5) is 12.9. The van der Waals surface area contributed by atoms with E-state index in [1.165, 1.54) is 25.7 Å². The molecule has 1 amide bonds. The number of rotatable bonds is 31. The van der Waals surface area contributed by atoms with Crippen molar-refractivity contribution in [1.29, 1.82) is 0 Å². The van der Waals surface area contributed by atoms with Crippen molar-refractivity contribution in [3.05, 3.63) is 72.9 Å². The third kappa shape index (κ3) is 24.0. The summed E-state index contributed by atoms with van der Waals surface area (Å²) in [5.74, 6) is -0.204. The highest BCUT2D eigenvalue weighted by Gasteiger charge is 2.44. The molecule has 9 nitrogen and oxygen atoms in total. The van der Waals surface area contributed by atoms with E-state index in [1.54, 1.807) is 6.08 Å².